The maximum atomic E-state index is 13.7. The van der Waals surface area contributed by atoms with E-state index < -0.39 is 11.8 Å². The van der Waals surface area contributed by atoms with Crippen molar-refractivity contribution in [3.8, 4) is 0 Å². The summed E-state index contributed by atoms with van der Waals surface area (Å²) in [6, 6.07) is 9.24. The van der Waals surface area contributed by atoms with Crippen LogP contribution in [0.4, 0.5) is 15.8 Å². The number of carboxylic acids is 1. The third-order valence-electron chi connectivity index (χ3n) is 2.74. The monoisotopic (exact) mass is 294 g/mol. The summed E-state index contributed by atoms with van der Waals surface area (Å²) in [6.07, 6.45) is 0. The van der Waals surface area contributed by atoms with E-state index in [9.17, 15) is 9.18 Å². The first-order chi connectivity index (χ1) is 9.47. The molecule has 0 saturated heterocycles. The van der Waals surface area contributed by atoms with Crippen LogP contribution in [0.5, 0.6) is 0 Å². The fourth-order valence-corrected chi connectivity index (χ4v) is 1.97. The van der Waals surface area contributed by atoms with Crippen LogP contribution in [0.2, 0.25) is 5.02 Å². The molecule has 0 fully saturated rings. The highest BCUT2D eigenvalue weighted by atomic mass is 35.5. The average Bonchev–Trinajstić information content (AvgIpc) is 2.37. The molecular weight excluding hydrogens is 283 g/mol. The number of anilines is 2. The Bertz CT molecular complexity index is 662. The van der Waals surface area contributed by atoms with Crippen molar-refractivity contribution >= 4 is 28.9 Å². The Kier molecular flexibility index (Phi) is 4.10. The van der Waals surface area contributed by atoms with Gasteiger partial charge in [-0.05, 0) is 29.8 Å². The molecule has 0 atom stereocenters. The lowest BCUT2D eigenvalue weighted by atomic mass is 10.1. The van der Waals surface area contributed by atoms with Crippen molar-refractivity contribution in [1.29, 1.82) is 0 Å². The molecular formula is C14H12ClFN2O2. The van der Waals surface area contributed by atoms with Gasteiger partial charge < -0.3 is 16.2 Å². The van der Waals surface area contributed by atoms with Crippen LogP contribution in [0.25, 0.3) is 0 Å². The van der Waals surface area contributed by atoms with Crippen LogP contribution in [-0.4, -0.2) is 11.1 Å². The first-order valence-corrected chi connectivity index (χ1v) is 6.16. The first-order valence-electron chi connectivity index (χ1n) is 5.78. The number of aromatic carboxylic acids is 1. The second-order valence-corrected chi connectivity index (χ2v) is 4.64. The van der Waals surface area contributed by atoms with Gasteiger partial charge in [0.25, 0.3) is 0 Å². The van der Waals surface area contributed by atoms with Crippen molar-refractivity contribution in [2.45, 2.75) is 6.54 Å². The quantitative estimate of drug-likeness (QED) is 0.756. The average molecular weight is 295 g/mol. The summed E-state index contributed by atoms with van der Waals surface area (Å²) in [7, 11) is 0. The fraction of sp³-hybridized carbons (Fsp3) is 0.0714. The molecule has 0 aromatic heterocycles. The standard InChI is InChI=1S/C14H12ClFN2O2/c15-9-3-1-2-8(4-9)7-18-13-5-10(14(19)20)12(17)6-11(13)16/h1-6,18H,7,17H2,(H,19,20). The molecule has 0 amide bonds. The fourth-order valence-electron chi connectivity index (χ4n) is 1.75. The number of hydrogen-bond donors (Lipinski definition) is 3. The summed E-state index contributed by atoms with van der Waals surface area (Å²) in [5.41, 5.74) is 6.14. The maximum Gasteiger partial charge on any atom is 0.337 e. The van der Waals surface area contributed by atoms with E-state index in [0.717, 1.165) is 11.6 Å². The number of benzene rings is 2. The minimum atomic E-state index is -1.20. The van der Waals surface area contributed by atoms with Crippen LogP contribution >= 0.6 is 11.6 Å². The molecule has 0 spiro atoms. The highest BCUT2D eigenvalue weighted by molar-refractivity contribution is 6.30. The highest BCUT2D eigenvalue weighted by Crippen LogP contribution is 2.23. The summed E-state index contributed by atoms with van der Waals surface area (Å²) < 4.78 is 13.7. The Labute approximate surface area is 120 Å². The number of halogens is 2. The second kappa shape index (κ2) is 5.79. The molecule has 0 radical (unpaired) electrons. The zero-order valence-corrected chi connectivity index (χ0v) is 11.1. The van der Waals surface area contributed by atoms with Gasteiger partial charge >= 0.3 is 5.97 Å². The van der Waals surface area contributed by atoms with Crippen LogP contribution in [0, 0.1) is 5.82 Å². The summed E-state index contributed by atoms with van der Waals surface area (Å²) >= 11 is 5.85. The minimum absolute atomic E-state index is 0.0802. The molecule has 2 aromatic carbocycles. The van der Waals surface area contributed by atoms with Gasteiger partial charge in [-0.15, -0.1) is 0 Å². The van der Waals surface area contributed by atoms with E-state index in [1.165, 1.54) is 6.07 Å². The van der Waals surface area contributed by atoms with Crippen LogP contribution in [0.15, 0.2) is 36.4 Å². The summed E-state index contributed by atoms with van der Waals surface area (Å²) in [4.78, 5) is 11.0. The lowest BCUT2D eigenvalue weighted by molar-refractivity contribution is 0.0698. The van der Waals surface area contributed by atoms with E-state index in [2.05, 4.69) is 5.32 Å². The van der Waals surface area contributed by atoms with Crippen molar-refractivity contribution in [2.75, 3.05) is 11.1 Å². The van der Waals surface area contributed by atoms with Crippen molar-refractivity contribution < 1.29 is 14.3 Å². The molecule has 0 aliphatic heterocycles. The SMILES string of the molecule is Nc1cc(F)c(NCc2cccc(Cl)c2)cc1C(=O)O. The number of rotatable bonds is 4. The van der Waals surface area contributed by atoms with Crippen molar-refractivity contribution in [2.24, 2.45) is 0 Å². The normalized spacial score (nSPS) is 10.3. The van der Waals surface area contributed by atoms with Gasteiger partial charge in [0.15, 0.2) is 0 Å². The molecule has 0 aliphatic rings. The third kappa shape index (κ3) is 3.19. The number of carbonyl (C=O) groups is 1. The van der Waals surface area contributed by atoms with E-state index in [-0.39, 0.29) is 16.9 Å². The molecule has 0 aliphatic carbocycles. The Hall–Kier alpha value is -2.27. The number of nitrogens with two attached hydrogens (primary N) is 1. The van der Waals surface area contributed by atoms with Gasteiger partial charge in [-0.3, -0.25) is 0 Å². The first kappa shape index (κ1) is 14.1. The summed E-state index contributed by atoms with van der Waals surface area (Å²) in [6.45, 7) is 0.320. The van der Waals surface area contributed by atoms with Crippen LogP contribution in [0.3, 0.4) is 0 Å². The van der Waals surface area contributed by atoms with E-state index in [4.69, 9.17) is 22.4 Å². The van der Waals surface area contributed by atoms with Gasteiger partial charge in [-0.25, -0.2) is 9.18 Å². The number of nitrogen functional groups attached to an aromatic ring is 1. The Morgan fingerprint density at radius 3 is 2.75 bits per heavy atom. The molecule has 0 heterocycles. The van der Waals surface area contributed by atoms with Crippen molar-refractivity contribution in [3.63, 3.8) is 0 Å². The molecule has 6 heteroatoms. The van der Waals surface area contributed by atoms with Crippen LogP contribution < -0.4 is 11.1 Å². The predicted octanol–water partition coefficient (Wildman–Crippen LogP) is 3.37. The third-order valence-corrected chi connectivity index (χ3v) is 2.98. The van der Waals surface area contributed by atoms with Crippen LogP contribution in [0.1, 0.15) is 15.9 Å². The maximum absolute atomic E-state index is 13.7. The zero-order valence-electron chi connectivity index (χ0n) is 10.4. The molecule has 2 aromatic rings. The Balaban J connectivity index is 2.21. The lowest BCUT2D eigenvalue weighted by Gasteiger charge is -2.10. The molecule has 0 bridgehead atoms. The van der Waals surface area contributed by atoms with E-state index in [0.29, 0.717) is 11.6 Å². The van der Waals surface area contributed by atoms with Crippen molar-refractivity contribution in [1.82, 2.24) is 0 Å². The van der Waals surface area contributed by atoms with E-state index in [1.807, 2.05) is 6.07 Å². The molecule has 20 heavy (non-hydrogen) atoms. The smallest absolute Gasteiger partial charge is 0.337 e. The second-order valence-electron chi connectivity index (χ2n) is 4.21. The molecule has 2 rings (SSSR count). The largest absolute Gasteiger partial charge is 0.478 e. The van der Waals surface area contributed by atoms with Gasteiger partial charge in [-0.1, -0.05) is 23.7 Å². The number of nitrogens with one attached hydrogen (secondary N) is 1. The topological polar surface area (TPSA) is 75.3 Å². The zero-order chi connectivity index (χ0) is 14.7. The van der Waals surface area contributed by atoms with Gasteiger partial charge in [0.1, 0.15) is 5.82 Å². The molecule has 4 N–H and O–H groups in total. The van der Waals surface area contributed by atoms with Gasteiger partial charge in [-0.2, -0.15) is 0 Å². The van der Waals surface area contributed by atoms with E-state index >= 15 is 0 Å². The van der Waals surface area contributed by atoms with Gasteiger partial charge in [0.2, 0.25) is 0 Å². The van der Waals surface area contributed by atoms with E-state index in [1.54, 1.807) is 18.2 Å². The van der Waals surface area contributed by atoms with Crippen LogP contribution in [-0.2, 0) is 6.54 Å². The Morgan fingerprint density at radius 2 is 2.10 bits per heavy atom. The minimum Gasteiger partial charge on any atom is -0.478 e. The van der Waals surface area contributed by atoms with Crippen molar-refractivity contribution in [3.05, 3.63) is 58.4 Å². The predicted molar refractivity (Wildman–Crippen MR) is 76.6 cm³/mol. The molecule has 0 saturated carbocycles. The number of hydrogen-bond acceptors (Lipinski definition) is 3. The number of carboxylic acid groups (broad SMARTS) is 1. The Morgan fingerprint density at radius 1 is 1.35 bits per heavy atom. The lowest BCUT2D eigenvalue weighted by Crippen LogP contribution is -2.07. The molecule has 4 nitrogen and oxygen atoms in total. The summed E-state index contributed by atoms with van der Waals surface area (Å²) in [5.74, 6) is -1.80. The molecule has 104 valence electrons. The molecule has 0 unspecified atom stereocenters. The summed E-state index contributed by atoms with van der Waals surface area (Å²) in [5, 5.41) is 12.4. The highest BCUT2D eigenvalue weighted by Gasteiger charge is 2.13. The van der Waals surface area contributed by atoms with Gasteiger partial charge in [0, 0.05) is 17.3 Å². The van der Waals surface area contributed by atoms with Gasteiger partial charge in [0.05, 0.1) is 11.3 Å².